The van der Waals surface area contributed by atoms with Gasteiger partial charge < -0.3 is 15.0 Å². The zero-order valence-electron chi connectivity index (χ0n) is 10.1. The van der Waals surface area contributed by atoms with Crippen molar-refractivity contribution in [1.82, 2.24) is 4.57 Å². The summed E-state index contributed by atoms with van der Waals surface area (Å²) >= 11 is 0. The first kappa shape index (κ1) is 11.7. The monoisotopic (exact) mass is 230 g/mol. The molecule has 0 amide bonds. The van der Waals surface area contributed by atoms with Crippen LogP contribution in [0.4, 0.5) is 0 Å². The van der Waals surface area contributed by atoms with E-state index in [1.54, 1.807) is 7.11 Å². The molecule has 2 N–H and O–H groups in total. The summed E-state index contributed by atoms with van der Waals surface area (Å²) < 4.78 is 7.38. The fourth-order valence-electron chi connectivity index (χ4n) is 1.89. The van der Waals surface area contributed by atoms with Crippen molar-refractivity contribution in [1.29, 1.82) is 0 Å². The minimum atomic E-state index is 0.698. The molecule has 90 valence electrons. The zero-order valence-corrected chi connectivity index (χ0v) is 10.1. The molecule has 0 spiro atoms. The van der Waals surface area contributed by atoms with Gasteiger partial charge in [-0.1, -0.05) is 12.1 Å². The van der Waals surface area contributed by atoms with Gasteiger partial charge in [0.25, 0.3) is 0 Å². The average molecular weight is 230 g/mol. The fraction of sp³-hybridized carbons (Fsp3) is 0.286. The lowest BCUT2D eigenvalue weighted by Gasteiger charge is -2.05. The molecule has 1 heterocycles. The molecule has 0 unspecified atom stereocenters. The second-order valence-corrected chi connectivity index (χ2v) is 4.08. The van der Waals surface area contributed by atoms with Crippen molar-refractivity contribution in [2.75, 3.05) is 13.7 Å². The van der Waals surface area contributed by atoms with Crippen molar-refractivity contribution < 1.29 is 4.74 Å². The number of benzene rings is 1. The van der Waals surface area contributed by atoms with E-state index in [2.05, 4.69) is 35.2 Å². The van der Waals surface area contributed by atoms with Crippen LogP contribution in [-0.2, 0) is 13.0 Å². The Kier molecular flexibility index (Phi) is 3.83. The van der Waals surface area contributed by atoms with Crippen LogP contribution in [0.3, 0.4) is 0 Å². The lowest BCUT2D eigenvalue weighted by molar-refractivity contribution is 0.414. The molecular formula is C14H18N2O. The molecule has 0 atom stereocenters. The highest BCUT2D eigenvalue weighted by Crippen LogP contribution is 2.14. The van der Waals surface area contributed by atoms with Gasteiger partial charge >= 0.3 is 0 Å². The van der Waals surface area contributed by atoms with Crippen molar-refractivity contribution in [2.45, 2.75) is 13.0 Å². The van der Waals surface area contributed by atoms with Crippen LogP contribution in [0.2, 0.25) is 0 Å². The highest BCUT2D eigenvalue weighted by Gasteiger charge is 1.99. The van der Waals surface area contributed by atoms with E-state index in [0.717, 1.165) is 18.7 Å². The summed E-state index contributed by atoms with van der Waals surface area (Å²) in [6, 6.07) is 10.2. The first-order valence-electron chi connectivity index (χ1n) is 5.79. The third kappa shape index (κ3) is 3.11. The summed E-state index contributed by atoms with van der Waals surface area (Å²) in [6.45, 7) is 1.56. The molecule has 0 aliphatic rings. The van der Waals surface area contributed by atoms with Gasteiger partial charge in [-0.3, -0.25) is 0 Å². The maximum Gasteiger partial charge on any atom is 0.119 e. The molecule has 3 heteroatoms. The Labute approximate surface area is 102 Å². The summed E-state index contributed by atoms with van der Waals surface area (Å²) in [5, 5.41) is 0. The van der Waals surface area contributed by atoms with E-state index in [-0.39, 0.29) is 0 Å². The molecule has 2 aromatic rings. The zero-order chi connectivity index (χ0) is 12.1. The number of aromatic nitrogens is 1. The van der Waals surface area contributed by atoms with E-state index in [0.29, 0.717) is 6.54 Å². The van der Waals surface area contributed by atoms with Gasteiger partial charge in [-0.15, -0.1) is 0 Å². The van der Waals surface area contributed by atoms with Crippen LogP contribution in [-0.4, -0.2) is 18.2 Å². The van der Waals surface area contributed by atoms with Crippen molar-refractivity contribution >= 4 is 0 Å². The van der Waals surface area contributed by atoms with E-state index >= 15 is 0 Å². The molecule has 1 aromatic carbocycles. The van der Waals surface area contributed by atoms with Crippen molar-refractivity contribution in [3.63, 3.8) is 0 Å². The molecule has 0 bridgehead atoms. The van der Waals surface area contributed by atoms with Crippen LogP contribution in [0.5, 0.6) is 5.75 Å². The fourth-order valence-corrected chi connectivity index (χ4v) is 1.89. The molecule has 1 aromatic heterocycles. The summed E-state index contributed by atoms with van der Waals surface area (Å²) in [5.41, 5.74) is 8.06. The van der Waals surface area contributed by atoms with Gasteiger partial charge in [0.2, 0.25) is 0 Å². The molecule has 0 fully saturated rings. The van der Waals surface area contributed by atoms with E-state index in [1.165, 1.54) is 11.1 Å². The number of hydrogen-bond acceptors (Lipinski definition) is 2. The Hall–Kier alpha value is -1.74. The second kappa shape index (κ2) is 5.55. The quantitative estimate of drug-likeness (QED) is 0.854. The Bertz CT molecular complexity index is 477. The number of methoxy groups -OCH3 is 1. The lowest BCUT2D eigenvalue weighted by Crippen LogP contribution is -2.02. The minimum absolute atomic E-state index is 0.698. The maximum absolute atomic E-state index is 5.53. The van der Waals surface area contributed by atoms with Gasteiger partial charge in [-0.2, -0.15) is 0 Å². The number of nitrogens with two attached hydrogens (primary N) is 1. The molecule has 0 saturated carbocycles. The second-order valence-electron chi connectivity index (χ2n) is 4.08. The van der Waals surface area contributed by atoms with Crippen LogP contribution in [0.25, 0.3) is 0 Å². The minimum Gasteiger partial charge on any atom is -0.497 e. The number of ether oxygens (including phenoxy) is 1. The van der Waals surface area contributed by atoms with Crippen molar-refractivity contribution in [3.8, 4) is 5.75 Å². The molecule has 2 rings (SSSR count). The molecule has 0 radical (unpaired) electrons. The van der Waals surface area contributed by atoms with Gasteiger partial charge in [-0.05, 0) is 42.3 Å². The lowest BCUT2D eigenvalue weighted by atomic mass is 10.2. The van der Waals surface area contributed by atoms with Crippen LogP contribution in [0.15, 0.2) is 42.7 Å². The number of nitrogens with zero attached hydrogens (tertiary/aromatic N) is 1. The van der Waals surface area contributed by atoms with Crippen molar-refractivity contribution in [3.05, 3.63) is 53.9 Å². The largest absolute Gasteiger partial charge is 0.497 e. The third-order valence-corrected chi connectivity index (χ3v) is 2.74. The molecule has 17 heavy (non-hydrogen) atoms. The highest BCUT2D eigenvalue weighted by atomic mass is 16.5. The first-order chi connectivity index (χ1) is 8.31. The Morgan fingerprint density at radius 3 is 2.88 bits per heavy atom. The van der Waals surface area contributed by atoms with Gasteiger partial charge in [0.05, 0.1) is 7.11 Å². The Morgan fingerprint density at radius 2 is 2.12 bits per heavy atom. The van der Waals surface area contributed by atoms with E-state index in [9.17, 15) is 0 Å². The molecule has 0 aliphatic carbocycles. The molecule has 0 aliphatic heterocycles. The van der Waals surface area contributed by atoms with Crippen LogP contribution < -0.4 is 10.5 Å². The van der Waals surface area contributed by atoms with Gasteiger partial charge in [0.1, 0.15) is 5.75 Å². The SMILES string of the molecule is COc1cccc(Cn2ccc(CCN)c2)c1. The standard InChI is InChI=1S/C14H18N2O/c1-17-14-4-2-3-13(9-14)11-16-8-6-12(10-16)5-7-15/h2-4,6,8-10H,5,7,11,15H2,1H3. The first-order valence-corrected chi connectivity index (χ1v) is 5.79. The predicted octanol–water partition coefficient (Wildman–Crippen LogP) is 2.05. The summed E-state index contributed by atoms with van der Waals surface area (Å²) in [4.78, 5) is 0. The summed E-state index contributed by atoms with van der Waals surface area (Å²) in [7, 11) is 1.69. The normalized spacial score (nSPS) is 10.5. The highest BCUT2D eigenvalue weighted by molar-refractivity contribution is 5.28. The van der Waals surface area contributed by atoms with Gasteiger partial charge in [0.15, 0.2) is 0 Å². The third-order valence-electron chi connectivity index (χ3n) is 2.74. The van der Waals surface area contributed by atoms with Crippen molar-refractivity contribution in [2.24, 2.45) is 5.73 Å². The maximum atomic E-state index is 5.53. The predicted molar refractivity (Wildman–Crippen MR) is 69.3 cm³/mol. The molecule has 0 saturated heterocycles. The topological polar surface area (TPSA) is 40.2 Å². The summed E-state index contributed by atoms with van der Waals surface area (Å²) in [5.74, 6) is 0.900. The number of hydrogen-bond donors (Lipinski definition) is 1. The smallest absolute Gasteiger partial charge is 0.119 e. The molecular weight excluding hydrogens is 212 g/mol. The van der Waals surface area contributed by atoms with Crippen LogP contribution in [0.1, 0.15) is 11.1 Å². The van der Waals surface area contributed by atoms with E-state index in [4.69, 9.17) is 10.5 Å². The van der Waals surface area contributed by atoms with Gasteiger partial charge in [0, 0.05) is 18.9 Å². The average Bonchev–Trinajstić information content (AvgIpc) is 2.77. The van der Waals surface area contributed by atoms with E-state index in [1.807, 2.05) is 12.1 Å². The Balaban J connectivity index is 2.08. The van der Waals surface area contributed by atoms with Gasteiger partial charge in [-0.25, -0.2) is 0 Å². The Morgan fingerprint density at radius 1 is 1.24 bits per heavy atom. The summed E-state index contributed by atoms with van der Waals surface area (Å²) in [6.07, 6.45) is 5.17. The van der Waals surface area contributed by atoms with E-state index < -0.39 is 0 Å². The number of rotatable bonds is 5. The van der Waals surface area contributed by atoms with Crippen LogP contribution >= 0.6 is 0 Å². The van der Waals surface area contributed by atoms with Crippen LogP contribution in [0, 0.1) is 0 Å². The molecule has 3 nitrogen and oxygen atoms in total.